The van der Waals surface area contributed by atoms with E-state index in [4.69, 9.17) is 12.2 Å². The predicted octanol–water partition coefficient (Wildman–Crippen LogP) is 4.16. The molecule has 0 saturated carbocycles. The third-order valence-electron chi connectivity index (χ3n) is 4.35. The third-order valence-corrected chi connectivity index (χ3v) is 6.35. The van der Waals surface area contributed by atoms with Crippen molar-refractivity contribution in [1.82, 2.24) is 9.73 Å². The van der Waals surface area contributed by atoms with E-state index in [1.165, 1.54) is 39.2 Å². The first-order valence-corrected chi connectivity index (χ1v) is 11.3. The summed E-state index contributed by atoms with van der Waals surface area (Å²) in [7, 11) is -0.856. The number of nitrogens with one attached hydrogen (secondary N) is 2. The van der Waals surface area contributed by atoms with Crippen molar-refractivity contribution in [2.75, 3.05) is 19.4 Å². The Balaban J connectivity index is 2.22. The van der Waals surface area contributed by atoms with Crippen molar-refractivity contribution in [1.29, 1.82) is 0 Å². The number of sulfonamides is 1. The normalized spacial score (nSPS) is 12.3. The van der Waals surface area contributed by atoms with Gasteiger partial charge in [-0.1, -0.05) is 6.07 Å². The van der Waals surface area contributed by atoms with E-state index in [2.05, 4.69) is 25.3 Å². The minimum Gasteiger partial charge on any atom is -0.435 e. The van der Waals surface area contributed by atoms with Gasteiger partial charge in [0.1, 0.15) is 11.5 Å². The first-order valence-electron chi connectivity index (χ1n) is 9.49. The van der Waals surface area contributed by atoms with Gasteiger partial charge in [0.15, 0.2) is 5.11 Å². The van der Waals surface area contributed by atoms with Gasteiger partial charge < -0.3 is 14.8 Å². The molecule has 0 aliphatic heterocycles. The Hall–Kier alpha value is -2.97. The van der Waals surface area contributed by atoms with Crippen molar-refractivity contribution in [2.45, 2.75) is 32.0 Å². The molecule has 0 aliphatic rings. The summed E-state index contributed by atoms with van der Waals surface area (Å²) in [6.45, 7) is -3.16. The first kappa shape index (κ1) is 27.3. The van der Waals surface area contributed by atoms with Gasteiger partial charge in [0.2, 0.25) is 10.0 Å². The van der Waals surface area contributed by atoms with Crippen LogP contribution >= 0.6 is 12.2 Å². The van der Waals surface area contributed by atoms with Crippen LogP contribution in [0.3, 0.4) is 0 Å². The summed E-state index contributed by atoms with van der Waals surface area (Å²) in [4.78, 5) is 0.0491. The van der Waals surface area contributed by atoms with Gasteiger partial charge in [-0.05, 0) is 55.9 Å². The molecule has 186 valence electrons. The summed E-state index contributed by atoms with van der Waals surface area (Å²) >= 11 is 5.18. The van der Waals surface area contributed by atoms with Crippen molar-refractivity contribution in [3.05, 3.63) is 47.5 Å². The summed E-state index contributed by atoms with van der Waals surface area (Å²) in [5, 5.41) is 6.80. The molecule has 0 heterocycles. The molecule has 0 atom stereocenters. The lowest BCUT2D eigenvalue weighted by Gasteiger charge is -2.15. The van der Waals surface area contributed by atoms with E-state index in [1.54, 1.807) is 13.0 Å². The van der Waals surface area contributed by atoms with Crippen molar-refractivity contribution in [3.63, 3.8) is 0 Å². The fourth-order valence-electron chi connectivity index (χ4n) is 2.62. The molecule has 0 aromatic heterocycles. The average molecular weight is 523 g/mol. The van der Waals surface area contributed by atoms with E-state index in [1.807, 2.05) is 0 Å². The topological polar surface area (TPSA) is 92.3 Å². The highest BCUT2D eigenvalue weighted by molar-refractivity contribution is 7.89. The number of hydrogen-bond donors (Lipinski definition) is 2. The molecule has 0 spiro atoms. The van der Waals surface area contributed by atoms with E-state index in [0.29, 0.717) is 11.3 Å². The fourth-order valence-corrected chi connectivity index (χ4v) is 3.71. The van der Waals surface area contributed by atoms with Gasteiger partial charge in [-0.15, -0.1) is 0 Å². The quantitative estimate of drug-likeness (QED) is 0.221. The van der Waals surface area contributed by atoms with Gasteiger partial charge in [-0.3, -0.25) is 5.43 Å². The molecule has 0 bridgehead atoms. The van der Waals surface area contributed by atoms with Crippen molar-refractivity contribution in [2.24, 2.45) is 5.10 Å². The molecule has 0 amide bonds. The summed E-state index contributed by atoms with van der Waals surface area (Å²) < 4.78 is 84.8. The molecule has 8 nitrogen and oxygen atoms in total. The molecule has 0 saturated heterocycles. The Morgan fingerprint density at radius 1 is 1.06 bits per heavy atom. The zero-order chi connectivity index (χ0) is 25.6. The van der Waals surface area contributed by atoms with Crippen LogP contribution in [0.25, 0.3) is 0 Å². The van der Waals surface area contributed by atoms with E-state index < -0.39 is 29.0 Å². The highest BCUT2D eigenvalue weighted by atomic mass is 32.2. The van der Waals surface area contributed by atoms with Crippen LogP contribution in [-0.4, -0.2) is 50.9 Å². The predicted molar refractivity (Wildman–Crippen MR) is 123 cm³/mol. The molecule has 2 rings (SSSR count). The second-order valence-corrected chi connectivity index (χ2v) is 9.50. The van der Waals surface area contributed by atoms with Crippen LogP contribution in [-0.2, 0) is 10.0 Å². The maximum absolute atomic E-state index is 12.8. The molecule has 0 fully saturated rings. The molecule has 2 aromatic carbocycles. The lowest BCUT2D eigenvalue weighted by molar-refractivity contribution is -0.0543. The second-order valence-electron chi connectivity index (χ2n) is 6.94. The van der Waals surface area contributed by atoms with Crippen LogP contribution in [0, 0.1) is 6.92 Å². The summed E-state index contributed by atoms with van der Waals surface area (Å²) in [5.74, 6) is -0.789. The van der Waals surface area contributed by atoms with Crippen molar-refractivity contribution < 1.29 is 35.5 Å². The van der Waals surface area contributed by atoms with Crippen LogP contribution in [0.4, 0.5) is 23.2 Å². The number of ether oxygens (including phenoxy) is 2. The summed E-state index contributed by atoms with van der Waals surface area (Å²) in [5.41, 5.74) is 3.84. The Kier molecular flexibility index (Phi) is 9.18. The molecule has 14 heteroatoms. The summed E-state index contributed by atoms with van der Waals surface area (Å²) in [6, 6.07) is 7.74. The van der Waals surface area contributed by atoms with Gasteiger partial charge in [0.05, 0.1) is 10.6 Å². The maximum atomic E-state index is 12.8. The number of alkyl halides is 4. The molecular weight excluding hydrogens is 500 g/mol. The largest absolute Gasteiger partial charge is 0.435 e. The minimum atomic E-state index is -3.67. The molecule has 0 unspecified atom stereocenters. The number of halogens is 4. The van der Waals surface area contributed by atoms with Crippen LogP contribution in [0.15, 0.2) is 46.4 Å². The highest BCUT2D eigenvalue weighted by Gasteiger charge is 2.19. The zero-order valence-electron chi connectivity index (χ0n) is 18.5. The number of nitrogens with zero attached hydrogens (tertiary/aromatic N) is 2. The van der Waals surface area contributed by atoms with Gasteiger partial charge in [-0.2, -0.15) is 22.7 Å². The van der Waals surface area contributed by atoms with Crippen molar-refractivity contribution in [3.8, 4) is 11.5 Å². The number of benzene rings is 2. The SMILES string of the molecule is CC(=NNC(=S)Nc1cc(S(=O)(=O)N(C)C)ccc1C)c1ccc(OC(F)F)cc1OC(F)F. The molecular formula is C20H22F4N4O4S2. The first-order chi connectivity index (χ1) is 15.8. The van der Waals surface area contributed by atoms with Gasteiger partial charge in [0, 0.05) is 31.4 Å². The number of hydrogen-bond acceptors (Lipinski definition) is 6. The number of aryl methyl sites for hydroxylation is 1. The summed E-state index contributed by atoms with van der Waals surface area (Å²) in [6.07, 6.45) is 0. The second kappa shape index (κ2) is 11.4. The van der Waals surface area contributed by atoms with E-state index in [9.17, 15) is 26.0 Å². The number of rotatable bonds is 9. The maximum Gasteiger partial charge on any atom is 0.387 e. The molecule has 0 aliphatic carbocycles. The van der Waals surface area contributed by atoms with Crippen LogP contribution in [0.5, 0.6) is 11.5 Å². The average Bonchev–Trinajstić information content (AvgIpc) is 2.72. The van der Waals surface area contributed by atoms with E-state index in [0.717, 1.165) is 16.4 Å². The lowest BCUT2D eigenvalue weighted by atomic mass is 10.1. The molecule has 2 N–H and O–H groups in total. The van der Waals surface area contributed by atoms with E-state index in [-0.39, 0.29) is 27.0 Å². The van der Waals surface area contributed by atoms with Gasteiger partial charge >= 0.3 is 13.2 Å². The third kappa shape index (κ3) is 7.27. The number of anilines is 1. The van der Waals surface area contributed by atoms with Crippen molar-refractivity contribution >= 4 is 38.8 Å². The van der Waals surface area contributed by atoms with E-state index >= 15 is 0 Å². The minimum absolute atomic E-state index is 0.0177. The molecule has 0 radical (unpaired) electrons. The monoisotopic (exact) mass is 522 g/mol. The van der Waals surface area contributed by atoms with Crippen LogP contribution in [0.2, 0.25) is 0 Å². The Labute approximate surface area is 199 Å². The fraction of sp³-hybridized carbons (Fsp3) is 0.300. The lowest BCUT2D eigenvalue weighted by Crippen LogP contribution is -2.26. The standard InChI is InChI=1S/C20H22F4N4O4S2/c1-11-5-7-14(34(29,30)28(3)4)10-16(11)25-20(33)27-26-12(2)15-8-6-13(31-18(21)22)9-17(15)32-19(23)24/h5-10,18-19H,1-4H3,(H2,25,27,33). The van der Waals surface area contributed by atoms with Gasteiger partial charge in [0.25, 0.3) is 0 Å². The van der Waals surface area contributed by atoms with Gasteiger partial charge in [-0.25, -0.2) is 12.7 Å². The zero-order valence-corrected chi connectivity index (χ0v) is 20.1. The van der Waals surface area contributed by atoms with Crippen LogP contribution < -0.4 is 20.2 Å². The smallest absolute Gasteiger partial charge is 0.387 e. The number of hydrazone groups is 1. The highest BCUT2D eigenvalue weighted by Crippen LogP contribution is 2.28. The molecule has 2 aromatic rings. The Bertz CT molecular complexity index is 1180. The molecule has 34 heavy (non-hydrogen) atoms. The number of thiocarbonyl (C=S) groups is 1. The Morgan fingerprint density at radius 3 is 2.29 bits per heavy atom. The van der Waals surface area contributed by atoms with Crippen LogP contribution in [0.1, 0.15) is 18.1 Å². The Morgan fingerprint density at radius 2 is 1.71 bits per heavy atom.